The molecule has 0 aliphatic heterocycles. The molecule has 0 N–H and O–H groups in total. The van der Waals surface area contributed by atoms with E-state index >= 15 is 0 Å². The van der Waals surface area contributed by atoms with Crippen LogP contribution in [-0.2, 0) is 17.6 Å². The van der Waals surface area contributed by atoms with Gasteiger partial charge in [-0.1, -0.05) is 0 Å². The fourth-order valence-corrected chi connectivity index (χ4v) is 1.59. The Morgan fingerprint density at radius 1 is 1.64 bits per heavy atom. The van der Waals surface area contributed by atoms with Gasteiger partial charge in [0, 0.05) is 12.3 Å². The Morgan fingerprint density at radius 3 is 3.36 bits per heavy atom. The van der Waals surface area contributed by atoms with Crippen molar-refractivity contribution in [3.8, 4) is 0 Å². The average Bonchev–Trinajstić information content (AvgIpc) is 2.50. The molecule has 1 aromatic rings. The lowest BCUT2D eigenvalue weighted by Gasteiger charge is -2.14. The Kier molecular flexibility index (Phi) is 1.53. The van der Waals surface area contributed by atoms with Gasteiger partial charge in [-0.15, -0.1) is 0 Å². The molecular weight excluding hydrogens is 140 g/mol. The van der Waals surface area contributed by atoms with Crippen molar-refractivity contribution < 1.29 is 9.21 Å². The first-order chi connectivity index (χ1) is 5.40. The largest absolute Gasteiger partial charge is 0.469 e. The van der Waals surface area contributed by atoms with Gasteiger partial charge in [-0.2, -0.15) is 0 Å². The molecule has 0 spiro atoms. The average molecular weight is 150 g/mol. The summed E-state index contributed by atoms with van der Waals surface area (Å²) in [5.74, 6) is 1.29. The van der Waals surface area contributed by atoms with Crippen LogP contribution in [0.5, 0.6) is 0 Å². The van der Waals surface area contributed by atoms with E-state index < -0.39 is 0 Å². The minimum absolute atomic E-state index is 0.222. The summed E-state index contributed by atoms with van der Waals surface area (Å²) >= 11 is 0. The monoisotopic (exact) mass is 150 g/mol. The first-order valence-corrected chi connectivity index (χ1v) is 3.90. The van der Waals surface area contributed by atoms with Crippen molar-refractivity contribution in [3.05, 3.63) is 23.7 Å². The summed E-state index contributed by atoms with van der Waals surface area (Å²) in [6.07, 6.45) is 5.50. The van der Waals surface area contributed by atoms with Gasteiger partial charge in [-0.3, -0.25) is 0 Å². The van der Waals surface area contributed by atoms with E-state index in [1.165, 1.54) is 5.56 Å². The first kappa shape index (κ1) is 6.65. The van der Waals surface area contributed by atoms with Crippen LogP contribution in [0.2, 0.25) is 0 Å². The van der Waals surface area contributed by atoms with E-state index in [4.69, 9.17) is 4.42 Å². The molecule has 0 radical (unpaired) electrons. The van der Waals surface area contributed by atoms with Crippen molar-refractivity contribution in [3.63, 3.8) is 0 Å². The van der Waals surface area contributed by atoms with Gasteiger partial charge < -0.3 is 9.21 Å². The van der Waals surface area contributed by atoms with Crippen LogP contribution < -0.4 is 0 Å². The minimum Gasteiger partial charge on any atom is -0.469 e. The van der Waals surface area contributed by atoms with Crippen molar-refractivity contribution in [1.29, 1.82) is 0 Å². The zero-order valence-corrected chi connectivity index (χ0v) is 6.25. The van der Waals surface area contributed by atoms with Gasteiger partial charge in [0.2, 0.25) is 0 Å². The molecule has 0 bridgehead atoms. The molecule has 0 saturated heterocycles. The number of furan rings is 1. The number of carbonyl (C=O) groups is 1. The van der Waals surface area contributed by atoms with E-state index in [0.29, 0.717) is 0 Å². The molecule has 0 saturated carbocycles. The van der Waals surface area contributed by atoms with Gasteiger partial charge in [0.1, 0.15) is 12.0 Å². The molecule has 1 atom stereocenters. The fraction of sp³-hybridized carbons (Fsp3) is 0.444. The highest BCUT2D eigenvalue weighted by atomic mass is 16.3. The predicted molar refractivity (Wildman–Crippen MR) is 40.3 cm³/mol. The topological polar surface area (TPSA) is 30.2 Å². The highest BCUT2D eigenvalue weighted by molar-refractivity contribution is 5.55. The lowest BCUT2D eigenvalue weighted by molar-refractivity contribution is -0.111. The zero-order valence-electron chi connectivity index (χ0n) is 6.25. The third kappa shape index (κ3) is 1.09. The van der Waals surface area contributed by atoms with Crippen molar-refractivity contribution in [2.75, 3.05) is 0 Å². The van der Waals surface area contributed by atoms with Gasteiger partial charge in [-0.25, -0.2) is 0 Å². The molecule has 1 aromatic heterocycles. The molecule has 1 aliphatic carbocycles. The van der Waals surface area contributed by atoms with E-state index in [2.05, 4.69) is 0 Å². The molecule has 11 heavy (non-hydrogen) atoms. The highest BCUT2D eigenvalue weighted by Crippen LogP contribution is 2.24. The van der Waals surface area contributed by atoms with Gasteiger partial charge in [0.05, 0.1) is 6.26 Å². The van der Waals surface area contributed by atoms with Crippen LogP contribution >= 0.6 is 0 Å². The number of hydrogen-bond acceptors (Lipinski definition) is 2. The lowest BCUT2D eigenvalue weighted by atomic mass is 9.89. The number of rotatable bonds is 1. The van der Waals surface area contributed by atoms with Gasteiger partial charge in [-0.05, 0) is 24.5 Å². The second-order valence-corrected chi connectivity index (χ2v) is 3.01. The number of aldehydes is 1. The maximum absolute atomic E-state index is 10.5. The number of aryl methyl sites for hydroxylation is 1. The highest BCUT2D eigenvalue weighted by Gasteiger charge is 2.19. The summed E-state index contributed by atoms with van der Waals surface area (Å²) in [4.78, 5) is 10.5. The number of fused-ring (bicyclic) bond motifs is 1. The van der Waals surface area contributed by atoms with E-state index in [1.54, 1.807) is 6.26 Å². The molecule has 2 rings (SSSR count). The summed E-state index contributed by atoms with van der Waals surface area (Å²) in [7, 11) is 0. The first-order valence-electron chi connectivity index (χ1n) is 3.90. The summed E-state index contributed by atoms with van der Waals surface area (Å²) in [6.45, 7) is 0. The number of carbonyl (C=O) groups excluding carboxylic acids is 1. The maximum Gasteiger partial charge on any atom is 0.123 e. The third-order valence-corrected chi connectivity index (χ3v) is 2.25. The van der Waals surface area contributed by atoms with Crippen LogP contribution in [0.3, 0.4) is 0 Å². The lowest BCUT2D eigenvalue weighted by Crippen LogP contribution is -2.13. The van der Waals surface area contributed by atoms with Crippen molar-refractivity contribution >= 4 is 6.29 Å². The molecular formula is C9H10O2. The van der Waals surface area contributed by atoms with E-state index in [9.17, 15) is 4.79 Å². The number of hydrogen-bond donors (Lipinski definition) is 0. The molecule has 2 heteroatoms. The smallest absolute Gasteiger partial charge is 0.123 e. The molecule has 0 aromatic carbocycles. The van der Waals surface area contributed by atoms with Gasteiger partial charge in [0.15, 0.2) is 0 Å². The zero-order chi connectivity index (χ0) is 7.68. The molecule has 0 amide bonds. The van der Waals surface area contributed by atoms with Crippen LogP contribution in [-0.4, -0.2) is 6.29 Å². The molecule has 0 fully saturated rings. The molecule has 1 unspecified atom stereocenters. The molecule has 1 aliphatic rings. The second kappa shape index (κ2) is 2.53. The Balaban J connectivity index is 2.24. The SMILES string of the molecule is O=CC1CCc2occc2C1. The maximum atomic E-state index is 10.5. The van der Waals surface area contributed by atoms with Crippen LogP contribution in [0.1, 0.15) is 17.7 Å². The fourth-order valence-electron chi connectivity index (χ4n) is 1.59. The third-order valence-electron chi connectivity index (χ3n) is 2.25. The van der Waals surface area contributed by atoms with Gasteiger partial charge in [0.25, 0.3) is 0 Å². The standard InChI is InChI=1S/C9H10O2/c10-6-7-1-2-9-8(5-7)3-4-11-9/h3-4,6-7H,1-2,5H2. The summed E-state index contributed by atoms with van der Waals surface area (Å²) in [5, 5.41) is 0. The Hall–Kier alpha value is -1.05. The quantitative estimate of drug-likeness (QED) is 0.569. The summed E-state index contributed by atoms with van der Waals surface area (Å²) in [6, 6.07) is 1.96. The van der Waals surface area contributed by atoms with Crippen molar-refractivity contribution in [1.82, 2.24) is 0 Å². The van der Waals surface area contributed by atoms with Crippen LogP contribution in [0.25, 0.3) is 0 Å². The molecule has 1 heterocycles. The van der Waals surface area contributed by atoms with Gasteiger partial charge >= 0.3 is 0 Å². The summed E-state index contributed by atoms with van der Waals surface area (Å²) < 4.78 is 5.23. The predicted octanol–water partition coefficient (Wildman–Crippen LogP) is 1.58. The van der Waals surface area contributed by atoms with Crippen LogP contribution in [0.4, 0.5) is 0 Å². The Labute approximate surface area is 65.2 Å². The van der Waals surface area contributed by atoms with Crippen LogP contribution in [0, 0.1) is 5.92 Å². The van der Waals surface area contributed by atoms with Crippen molar-refractivity contribution in [2.45, 2.75) is 19.3 Å². The summed E-state index contributed by atoms with van der Waals surface area (Å²) in [5.41, 5.74) is 1.22. The van der Waals surface area contributed by atoms with E-state index in [1.807, 2.05) is 6.07 Å². The molecule has 58 valence electrons. The van der Waals surface area contributed by atoms with E-state index in [-0.39, 0.29) is 5.92 Å². The minimum atomic E-state index is 0.222. The molecule has 2 nitrogen and oxygen atoms in total. The van der Waals surface area contributed by atoms with Crippen LogP contribution in [0.15, 0.2) is 16.7 Å². The Morgan fingerprint density at radius 2 is 2.55 bits per heavy atom. The normalized spacial score (nSPS) is 22.7. The van der Waals surface area contributed by atoms with Crippen molar-refractivity contribution in [2.24, 2.45) is 5.92 Å². The van der Waals surface area contributed by atoms with E-state index in [0.717, 1.165) is 31.3 Å². The second-order valence-electron chi connectivity index (χ2n) is 3.01. The Bertz CT molecular complexity index is 262.